The molecular weight excluding hydrogens is 238 g/mol. The van der Waals surface area contributed by atoms with Crippen LogP contribution >= 0.6 is 0 Å². The van der Waals surface area contributed by atoms with Crippen LogP contribution in [0.4, 0.5) is 5.69 Å². The number of anilines is 1. The second-order valence-corrected chi connectivity index (χ2v) is 5.41. The molecular formula is C15H21N3O. The smallest absolute Gasteiger partial charge is 0.239 e. The molecule has 2 N–H and O–H groups in total. The van der Waals surface area contributed by atoms with Gasteiger partial charge in [-0.25, -0.2) is 0 Å². The van der Waals surface area contributed by atoms with Crippen molar-refractivity contribution in [1.82, 2.24) is 10.6 Å². The molecule has 4 heteroatoms. The first-order chi connectivity index (χ1) is 9.33. The summed E-state index contributed by atoms with van der Waals surface area (Å²) in [4.78, 5) is 14.3. The third kappa shape index (κ3) is 2.89. The second kappa shape index (κ2) is 5.61. The van der Waals surface area contributed by atoms with Crippen molar-refractivity contribution >= 4 is 11.6 Å². The third-order valence-corrected chi connectivity index (χ3v) is 3.98. The molecule has 19 heavy (non-hydrogen) atoms. The summed E-state index contributed by atoms with van der Waals surface area (Å²) in [5.41, 5.74) is 2.58. The van der Waals surface area contributed by atoms with Crippen LogP contribution in [0.25, 0.3) is 0 Å². The number of amides is 1. The number of rotatable bonds is 3. The molecule has 0 aromatic heterocycles. The van der Waals surface area contributed by atoms with Crippen molar-refractivity contribution in [3.05, 3.63) is 29.8 Å². The molecule has 4 nitrogen and oxygen atoms in total. The minimum absolute atomic E-state index is 0.144. The average Bonchev–Trinajstić information content (AvgIpc) is 2.83. The number of hydrogen-bond acceptors (Lipinski definition) is 3. The minimum atomic E-state index is 0.144. The topological polar surface area (TPSA) is 44.4 Å². The lowest BCUT2D eigenvalue weighted by atomic mass is 10.1. The second-order valence-electron chi connectivity index (χ2n) is 5.41. The Morgan fingerprint density at radius 3 is 3.16 bits per heavy atom. The maximum absolute atomic E-state index is 12.1. The Balaban J connectivity index is 1.55. The molecule has 0 unspecified atom stereocenters. The number of piperidine rings is 1. The van der Waals surface area contributed by atoms with Gasteiger partial charge in [0.2, 0.25) is 5.91 Å². The molecule has 3 rings (SSSR count). The van der Waals surface area contributed by atoms with E-state index in [9.17, 15) is 4.79 Å². The van der Waals surface area contributed by atoms with Gasteiger partial charge < -0.3 is 15.5 Å². The Morgan fingerprint density at radius 1 is 1.42 bits per heavy atom. The lowest BCUT2D eigenvalue weighted by Gasteiger charge is -2.25. The number of fused-ring (bicyclic) bond motifs is 1. The Morgan fingerprint density at radius 2 is 2.32 bits per heavy atom. The zero-order chi connectivity index (χ0) is 13.1. The van der Waals surface area contributed by atoms with E-state index in [1.165, 1.54) is 11.3 Å². The van der Waals surface area contributed by atoms with Crippen molar-refractivity contribution in [1.29, 1.82) is 0 Å². The van der Waals surface area contributed by atoms with Gasteiger partial charge in [-0.3, -0.25) is 4.79 Å². The molecule has 1 aromatic carbocycles. The van der Waals surface area contributed by atoms with Crippen LogP contribution in [0, 0.1) is 0 Å². The van der Waals surface area contributed by atoms with Crippen LogP contribution in [0.2, 0.25) is 0 Å². The maximum Gasteiger partial charge on any atom is 0.239 e. The Bertz CT molecular complexity index is 454. The fourth-order valence-electron chi connectivity index (χ4n) is 2.99. The Labute approximate surface area is 114 Å². The van der Waals surface area contributed by atoms with E-state index in [4.69, 9.17) is 0 Å². The van der Waals surface area contributed by atoms with E-state index in [0.29, 0.717) is 12.6 Å². The standard InChI is InChI=1S/C15H21N3O/c19-15(17-13-5-3-8-16-10-13)11-18-9-7-12-4-1-2-6-14(12)18/h1-2,4,6,13,16H,3,5,7-11H2,(H,17,19)/t13-/m0/s1. The van der Waals surface area contributed by atoms with E-state index in [-0.39, 0.29) is 5.91 Å². The number of para-hydroxylation sites is 1. The summed E-state index contributed by atoms with van der Waals surface area (Å²) >= 11 is 0. The van der Waals surface area contributed by atoms with E-state index in [2.05, 4.69) is 33.7 Å². The molecule has 0 saturated carbocycles. The Hall–Kier alpha value is -1.55. The Kier molecular flexibility index (Phi) is 3.69. The summed E-state index contributed by atoms with van der Waals surface area (Å²) in [6.07, 6.45) is 3.29. The monoisotopic (exact) mass is 259 g/mol. The third-order valence-electron chi connectivity index (χ3n) is 3.98. The molecule has 2 aliphatic rings. The molecule has 1 aromatic rings. The predicted octanol–water partition coefficient (Wildman–Crippen LogP) is 0.917. The van der Waals surface area contributed by atoms with Crippen molar-refractivity contribution in [3.63, 3.8) is 0 Å². The van der Waals surface area contributed by atoms with Crippen molar-refractivity contribution < 1.29 is 4.79 Å². The van der Waals surface area contributed by atoms with Gasteiger partial charge in [-0.05, 0) is 37.4 Å². The molecule has 0 radical (unpaired) electrons. The maximum atomic E-state index is 12.1. The summed E-state index contributed by atoms with van der Waals surface area (Å²) in [7, 11) is 0. The molecule has 2 aliphatic heterocycles. The zero-order valence-corrected chi connectivity index (χ0v) is 11.2. The molecule has 1 atom stereocenters. The van der Waals surface area contributed by atoms with E-state index in [1.54, 1.807) is 0 Å². The van der Waals surface area contributed by atoms with Gasteiger partial charge in [0.15, 0.2) is 0 Å². The van der Waals surface area contributed by atoms with Gasteiger partial charge in [0, 0.05) is 24.8 Å². The first-order valence-electron chi connectivity index (χ1n) is 7.16. The highest BCUT2D eigenvalue weighted by atomic mass is 16.2. The van der Waals surface area contributed by atoms with Crippen LogP contribution in [-0.2, 0) is 11.2 Å². The van der Waals surface area contributed by atoms with Crippen LogP contribution < -0.4 is 15.5 Å². The van der Waals surface area contributed by atoms with Crippen LogP contribution in [0.15, 0.2) is 24.3 Å². The van der Waals surface area contributed by atoms with Gasteiger partial charge in [0.25, 0.3) is 0 Å². The SMILES string of the molecule is O=C(CN1CCc2ccccc21)N[C@H]1CCCNC1. The molecule has 1 saturated heterocycles. The first kappa shape index (κ1) is 12.5. The number of carbonyl (C=O) groups is 1. The van der Waals surface area contributed by atoms with E-state index >= 15 is 0 Å². The lowest BCUT2D eigenvalue weighted by molar-refractivity contribution is -0.120. The fourth-order valence-corrected chi connectivity index (χ4v) is 2.99. The quantitative estimate of drug-likeness (QED) is 0.848. The lowest BCUT2D eigenvalue weighted by Crippen LogP contribution is -2.48. The van der Waals surface area contributed by atoms with Crippen LogP contribution in [0.5, 0.6) is 0 Å². The summed E-state index contributed by atoms with van der Waals surface area (Å²) < 4.78 is 0. The molecule has 0 bridgehead atoms. The highest BCUT2D eigenvalue weighted by molar-refractivity contribution is 5.82. The number of nitrogens with zero attached hydrogens (tertiary/aromatic N) is 1. The minimum Gasteiger partial charge on any atom is -0.362 e. The summed E-state index contributed by atoms with van der Waals surface area (Å²) in [6, 6.07) is 8.67. The van der Waals surface area contributed by atoms with E-state index in [0.717, 1.165) is 38.9 Å². The fraction of sp³-hybridized carbons (Fsp3) is 0.533. The van der Waals surface area contributed by atoms with Crippen molar-refractivity contribution in [2.75, 3.05) is 31.1 Å². The first-order valence-corrected chi connectivity index (χ1v) is 7.16. The largest absolute Gasteiger partial charge is 0.362 e. The summed E-state index contributed by atoms with van der Waals surface area (Å²) in [6.45, 7) is 3.41. The van der Waals surface area contributed by atoms with Crippen LogP contribution in [-0.4, -0.2) is 38.1 Å². The zero-order valence-electron chi connectivity index (χ0n) is 11.2. The average molecular weight is 259 g/mol. The molecule has 2 heterocycles. The highest BCUT2D eigenvalue weighted by Crippen LogP contribution is 2.26. The summed E-state index contributed by atoms with van der Waals surface area (Å²) in [5, 5.41) is 6.45. The number of nitrogens with one attached hydrogen (secondary N) is 2. The van der Waals surface area contributed by atoms with E-state index < -0.39 is 0 Å². The molecule has 1 fully saturated rings. The van der Waals surface area contributed by atoms with Crippen molar-refractivity contribution in [3.8, 4) is 0 Å². The van der Waals surface area contributed by atoms with Gasteiger partial charge in [-0.15, -0.1) is 0 Å². The van der Waals surface area contributed by atoms with Crippen molar-refractivity contribution in [2.45, 2.75) is 25.3 Å². The van der Waals surface area contributed by atoms with Gasteiger partial charge >= 0.3 is 0 Å². The highest BCUT2D eigenvalue weighted by Gasteiger charge is 2.22. The number of hydrogen-bond donors (Lipinski definition) is 2. The van der Waals surface area contributed by atoms with E-state index in [1.807, 2.05) is 6.07 Å². The molecule has 1 amide bonds. The number of carbonyl (C=O) groups excluding carboxylic acids is 1. The normalized spacial score (nSPS) is 22.1. The van der Waals surface area contributed by atoms with Gasteiger partial charge in [-0.2, -0.15) is 0 Å². The molecule has 102 valence electrons. The molecule has 0 spiro atoms. The van der Waals surface area contributed by atoms with Gasteiger partial charge in [0.1, 0.15) is 0 Å². The summed E-state index contributed by atoms with van der Waals surface area (Å²) in [5.74, 6) is 0.144. The predicted molar refractivity (Wildman–Crippen MR) is 76.4 cm³/mol. The van der Waals surface area contributed by atoms with Crippen LogP contribution in [0.3, 0.4) is 0 Å². The van der Waals surface area contributed by atoms with Gasteiger partial charge in [-0.1, -0.05) is 18.2 Å². The van der Waals surface area contributed by atoms with Crippen LogP contribution in [0.1, 0.15) is 18.4 Å². The molecule has 0 aliphatic carbocycles. The van der Waals surface area contributed by atoms with Crippen molar-refractivity contribution in [2.24, 2.45) is 0 Å². The number of benzene rings is 1. The van der Waals surface area contributed by atoms with Gasteiger partial charge in [0.05, 0.1) is 6.54 Å².